The summed E-state index contributed by atoms with van der Waals surface area (Å²) in [5.74, 6) is 0.495. The average molecular weight is 367 g/mol. The van der Waals surface area contributed by atoms with Crippen molar-refractivity contribution < 1.29 is 13.2 Å². The van der Waals surface area contributed by atoms with Crippen molar-refractivity contribution in [3.05, 3.63) is 34.6 Å². The van der Waals surface area contributed by atoms with Gasteiger partial charge in [0.2, 0.25) is 0 Å². The molecule has 0 bridgehead atoms. The fourth-order valence-corrected chi connectivity index (χ4v) is 2.79. The van der Waals surface area contributed by atoms with Crippen LogP contribution in [0.3, 0.4) is 0 Å². The number of hydrogen-bond donors (Lipinski definition) is 0. The van der Waals surface area contributed by atoms with Gasteiger partial charge in [0.1, 0.15) is 18.1 Å². The van der Waals surface area contributed by atoms with Crippen LogP contribution in [0.2, 0.25) is 0 Å². The number of nitrogens with zero attached hydrogens (tertiary/aromatic N) is 3. The Hall–Kier alpha value is -1.12. The van der Waals surface area contributed by atoms with E-state index in [-0.39, 0.29) is 11.5 Å². The zero-order chi connectivity index (χ0) is 14.0. The molecule has 1 heterocycles. The molecule has 102 valence electrons. The Labute approximate surface area is 122 Å². The molecular formula is C10H9BrClN3O3S. The molecular weight excluding hydrogens is 358 g/mol. The lowest BCUT2D eigenvalue weighted by atomic mass is 10.3. The monoisotopic (exact) mass is 365 g/mol. The second-order valence-corrected chi connectivity index (χ2v) is 7.12. The normalized spacial score (nSPS) is 11.5. The van der Waals surface area contributed by atoms with Gasteiger partial charge in [-0.05, 0) is 34.1 Å². The van der Waals surface area contributed by atoms with Crippen LogP contribution in [0, 0.1) is 0 Å². The van der Waals surface area contributed by atoms with Crippen LogP contribution >= 0.6 is 26.6 Å². The van der Waals surface area contributed by atoms with Crippen LogP contribution in [0.25, 0.3) is 0 Å². The van der Waals surface area contributed by atoms with Crippen molar-refractivity contribution in [2.45, 2.75) is 11.5 Å². The second kappa shape index (κ2) is 5.48. The van der Waals surface area contributed by atoms with E-state index in [0.717, 1.165) is 0 Å². The standard InChI is InChI=1S/C10H9BrClN3O3S/c1-15-5-7(13-14-15)6-18-10-3-2-8(4-9(10)11)19(12,16)17/h2-5H,6H2,1H3. The van der Waals surface area contributed by atoms with Gasteiger partial charge in [0.15, 0.2) is 0 Å². The van der Waals surface area contributed by atoms with Gasteiger partial charge in [-0.2, -0.15) is 0 Å². The van der Waals surface area contributed by atoms with Crippen molar-refractivity contribution in [2.24, 2.45) is 7.05 Å². The lowest BCUT2D eigenvalue weighted by Crippen LogP contribution is -1.98. The molecule has 0 spiro atoms. The molecule has 0 fully saturated rings. The number of aromatic nitrogens is 3. The quantitative estimate of drug-likeness (QED) is 0.775. The third kappa shape index (κ3) is 3.68. The summed E-state index contributed by atoms with van der Waals surface area (Å²) in [6, 6.07) is 4.28. The highest BCUT2D eigenvalue weighted by Crippen LogP contribution is 2.29. The van der Waals surface area contributed by atoms with Gasteiger partial charge in [0, 0.05) is 17.7 Å². The SMILES string of the molecule is Cn1cc(COc2ccc(S(=O)(=O)Cl)cc2Br)nn1. The topological polar surface area (TPSA) is 74.1 Å². The highest BCUT2D eigenvalue weighted by molar-refractivity contribution is 9.10. The molecule has 2 aromatic rings. The molecule has 0 saturated carbocycles. The van der Waals surface area contributed by atoms with Crippen molar-refractivity contribution in [2.75, 3.05) is 0 Å². The highest BCUT2D eigenvalue weighted by atomic mass is 79.9. The number of ether oxygens (including phenoxy) is 1. The van der Waals surface area contributed by atoms with Crippen LogP contribution in [0.15, 0.2) is 33.8 Å². The van der Waals surface area contributed by atoms with Crippen molar-refractivity contribution in [1.29, 1.82) is 0 Å². The average Bonchev–Trinajstić information content (AvgIpc) is 2.72. The van der Waals surface area contributed by atoms with E-state index < -0.39 is 9.05 Å². The van der Waals surface area contributed by atoms with Crippen LogP contribution in [-0.2, 0) is 22.7 Å². The summed E-state index contributed by atoms with van der Waals surface area (Å²) in [5.41, 5.74) is 0.670. The minimum atomic E-state index is -3.74. The van der Waals surface area contributed by atoms with Crippen LogP contribution in [-0.4, -0.2) is 23.4 Å². The van der Waals surface area contributed by atoms with Gasteiger partial charge in [-0.25, -0.2) is 8.42 Å². The van der Waals surface area contributed by atoms with Gasteiger partial charge in [0.05, 0.1) is 15.6 Å². The fourth-order valence-electron chi connectivity index (χ4n) is 1.36. The largest absolute Gasteiger partial charge is 0.486 e. The van der Waals surface area contributed by atoms with Crippen LogP contribution < -0.4 is 4.74 Å². The Bertz CT molecular complexity index is 702. The Morgan fingerprint density at radius 1 is 1.47 bits per heavy atom. The van der Waals surface area contributed by atoms with E-state index in [9.17, 15) is 8.42 Å². The molecule has 0 aliphatic rings. The van der Waals surface area contributed by atoms with Crippen molar-refractivity contribution in [3.8, 4) is 5.75 Å². The number of rotatable bonds is 4. The molecule has 2 rings (SSSR count). The lowest BCUT2D eigenvalue weighted by molar-refractivity contribution is 0.299. The van der Waals surface area contributed by atoms with Crippen LogP contribution in [0.1, 0.15) is 5.69 Å². The lowest BCUT2D eigenvalue weighted by Gasteiger charge is -2.07. The van der Waals surface area contributed by atoms with E-state index >= 15 is 0 Å². The molecule has 0 atom stereocenters. The molecule has 1 aromatic heterocycles. The van der Waals surface area contributed by atoms with Crippen LogP contribution in [0.5, 0.6) is 5.75 Å². The zero-order valence-electron chi connectivity index (χ0n) is 9.75. The van der Waals surface area contributed by atoms with Crippen molar-refractivity contribution >= 4 is 35.7 Å². The molecule has 0 unspecified atom stereocenters. The van der Waals surface area contributed by atoms with E-state index in [1.54, 1.807) is 17.9 Å². The Morgan fingerprint density at radius 3 is 2.74 bits per heavy atom. The summed E-state index contributed by atoms with van der Waals surface area (Å²) in [6.07, 6.45) is 1.73. The second-order valence-electron chi connectivity index (χ2n) is 3.70. The first-order valence-corrected chi connectivity index (χ1v) is 8.19. The predicted molar refractivity (Wildman–Crippen MR) is 72.5 cm³/mol. The summed E-state index contributed by atoms with van der Waals surface area (Å²) in [4.78, 5) is 0.00731. The Balaban J connectivity index is 2.14. The molecule has 0 aliphatic carbocycles. The van der Waals surface area contributed by atoms with Crippen molar-refractivity contribution in [3.63, 3.8) is 0 Å². The summed E-state index contributed by atoms with van der Waals surface area (Å²) < 4.78 is 29.9. The first-order valence-electron chi connectivity index (χ1n) is 5.08. The van der Waals surface area contributed by atoms with E-state index in [1.165, 1.54) is 18.2 Å². The maximum atomic E-state index is 11.2. The van der Waals surface area contributed by atoms with Gasteiger partial charge in [-0.15, -0.1) is 5.10 Å². The third-order valence-electron chi connectivity index (χ3n) is 2.21. The fraction of sp³-hybridized carbons (Fsp3) is 0.200. The number of hydrogen-bond acceptors (Lipinski definition) is 5. The van der Waals surface area contributed by atoms with Gasteiger partial charge in [0.25, 0.3) is 9.05 Å². The van der Waals surface area contributed by atoms with E-state index in [0.29, 0.717) is 15.9 Å². The summed E-state index contributed by atoms with van der Waals surface area (Å²) in [5, 5.41) is 7.65. The van der Waals surface area contributed by atoms with E-state index in [1.807, 2.05) is 0 Å². The maximum absolute atomic E-state index is 11.2. The molecule has 6 nitrogen and oxygen atoms in total. The molecule has 0 saturated heterocycles. The molecule has 19 heavy (non-hydrogen) atoms. The third-order valence-corrected chi connectivity index (χ3v) is 4.18. The molecule has 0 amide bonds. The summed E-state index contributed by atoms with van der Waals surface area (Å²) >= 11 is 3.23. The Kier molecular flexibility index (Phi) is 4.12. The Morgan fingerprint density at radius 2 is 2.21 bits per heavy atom. The molecule has 9 heteroatoms. The number of halogens is 2. The van der Waals surface area contributed by atoms with Gasteiger partial charge in [-0.3, -0.25) is 4.68 Å². The zero-order valence-corrected chi connectivity index (χ0v) is 12.9. The highest BCUT2D eigenvalue weighted by Gasteiger charge is 2.13. The molecule has 0 radical (unpaired) electrons. The number of aryl methyl sites for hydroxylation is 1. The molecule has 1 aromatic carbocycles. The van der Waals surface area contributed by atoms with Crippen molar-refractivity contribution in [1.82, 2.24) is 15.0 Å². The predicted octanol–water partition coefficient (Wildman–Crippen LogP) is 2.08. The van der Waals surface area contributed by atoms with E-state index in [4.69, 9.17) is 15.4 Å². The summed E-state index contributed by atoms with van der Waals surface area (Å²) in [7, 11) is 3.26. The van der Waals surface area contributed by atoms with Gasteiger partial charge < -0.3 is 4.74 Å². The maximum Gasteiger partial charge on any atom is 0.261 e. The smallest absolute Gasteiger partial charge is 0.261 e. The minimum Gasteiger partial charge on any atom is -0.486 e. The van der Waals surface area contributed by atoms with Crippen LogP contribution in [0.4, 0.5) is 0 Å². The first kappa shape index (κ1) is 14.3. The molecule has 0 aliphatic heterocycles. The summed E-state index contributed by atoms with van der Waals surface area (Å²) in [6.45, 7) is 0.236. The van der Waals surface area contributed by atoms with Gasteiger partial charge >= 0.3 is 0 Å². The number of benzene rings is 1. The minimum absolute atomic E-state index is 0.00731. The van der Waals surface area contributed by atoms with E-state index in [2.05, 4.69) is 26.2 Å². The first-order chi connectivity index (χ1) is 8.86. The van der Waals surface area contributed by atoms with Gasteiger partial charge in [-0.1, -0.05) is 5.21 Å². The molecule has 0 N–H and O–H groups in total.